The van der Waals surface area contributed by atoms with Gasteiger partial charge in [0.25, 0.3) is 0 Å². The molecule has 0 aliphatic carbocycles. The van der Waals surface area contributed by atoms with Gasteiger partial charge >= 0.3 is 0 Å². The molecular formula is C25H28N2O2. The van der Waals surface area contributed by atoms with Crippen LogP contribution in [0.25, 0.3) is 10.8 Å². The van der Waals surface area contributed by atoms with Crippen LogP contribution in [0.1, 0.15) is 17.5 Å². The van der Waals surface area contributed by atoms with Gasteiger partial charge in [0.05, 0.1) is 19.1 Å². The van der Waals surface area contributed by atoms with Crippen LogP contribution < -0.4 is 0 Å². The Morgan fingerprint density at radius 1 is 1.03 bits per heavy atom. The highest BCUT2D eigenvalue weighted by molar-refractivity contribution is 5.86. The van der Waals surface area contributed by atoms with E-state index in [1.165, 1.54) is 21.9 Å². The minimum absolute atomic E-state index is 0.0464. The first-order valence-corrected chi connectivity index (χ1v) is 10.3. The van der Waals surface area contributed by atoms with E-state index in [4.69, 9.17) is 4.74 Å². The zero-order valence-electron chi connectivity index (χ0n) is 17.0. The van der Waals surface area contributed by atoms with Crippen LogP contribution in [0.5, 0.6) is 0 Å². The number of hydrogen-bond acceptors (Lipinski definition) is 3. The lowest BCUT2D eigenvalue weighted by molar-refractivity contribution is -0.135. The molecule has 0 N–H and O–H groups in total. The predicted octanol–water partition coefficient (Wildman–Crippen LogP) is 4.09. The van der Waals surface area contributed by atoms with Crippen LogP contribution in [0.15, 0.2) is 72.8 Å². The van der Waals surface area contributed by atoms with Gasteiger partial charge < -0.3 is 9.64 Å². The molecule has 4 heteroatoms. The van der Waals surface area contributed by atoms with Crippen molar-refractivity contribution < 1.29 is 9.53 Å². The third-order valence-corrected chi connectivity index (χ3v) is 5.59. The van der Waals surface area contributed by atoms with Gasteiger partial charge in [-0.05, 0) is 21.9 Å². The molecule has 3 aromatic rings. The van der Waals surface area contributed by atoms with E-state index in [-0.39, 0.29) is 12.0 Å². The number of benzene rings is 3. The maximum Gasteiger partial charge on any atom is 0.225 e. The van der Waals surface area contributed by atoms with E-state index in [0.29, 0.717) is 19.6 Å². The molecule has 1 atom stereocenters. The van der Waals surface area contributed by atoms with Crippen molar-refractivity contribution in [2.24, 2.45) is 0 Å². The van der Waals surface area contributed by atoms with Gasteiger partial charge in [0.15, 0.2) is 0 Å². The molecule has 4 nitrogen and oxygen atoms in total. The maximum absolute atomic E-state index is 12.8. The highest BCUT2D eigenvalue weighted by Crippen LogP contribution is 2.20. The number of hydrogen-bond donors (Lipinski definition) is 0. The smallest absolute Gasteiger partial charge is 0.225 e. The fraction of sp³-hybridized carbons (Fsp3) is 0.320. The Morgan fingerprint density at radius 3 is 2.66 bits per heavy atom. The van der Waals surface area contributed by atoms with Gasteiger partial charge in [-0.2, -0.15) is 0 Å². The van der Waals surface area contributed by atoms with E-state index in [1.807, 2.05) is 30.1 Å². The summed E-state index contributed by atoms with van der Waals surface area (Å²) in [5.41, 5.74) is 2.47. The number of ether oxygens (including phenoxy) is 1. The molecule has 150 valence electrons. The Hall–Kier alpha value is -2.69. The summed E-state index contributed by atoms with van der Waals surface area (Å²) in [7, 11) is 1.88. The molecule has 1 aliphatic rings. The van der Waals surface area contributed by atoms with Gasteiger partial charge in [-0.1, -0.05) is 72.8 Å². The molecule has 4 rings (SSSR count). The zero-order chi connectivity index (χ0) is 20.1. The second kappa shape index (κ2) is 9.21. The minimum Gasteiger partial charge on any atom is -0.375 e. The summed E-state index contributed by atoms with van der Waals surface area (Å²) in [6.45, 7) is 3.90. The number of morpholine rings is 1. The first kappa shape index (κ1) is 19.6. The van der Waals surface area contributed by atoms with Crippen molar-refractivity contribution in [3.63, 3.8) is 0 Å². The Balaban J connectivity index is 1.34. The minimum atomic E-state index is -0.0464. The van der Waals surface area contributed by atoms with Gasteiger partial charge in [-0.25, -0.2) is 0 Å². The van der Waals surface area contributed by atoms with Crippen molar-refractivity contribution in [3.05, 3.63) is 83.9 Å². The molecule has 0 bridgehead atoms. The molecule has 1 fully saturated rings. The Bertz CT molecular complexity index is 952. The van der Waals surface area contributed by atoms with Gasteiger partial charge in [-0.3, -0.25) is 9.69 Å². The highest BCUT2D eigenvalue weighted by atomic mass is 16.5. The number of rotatable bonds is 6. The predicted molar refractivity (Wildman–Crippen MR) is 116 cm³/mol. The number of amides is 1. The molecule has 1 saturated heterocycles. The number of nitrogens with zero attached hydrogens (tertiary/aromatic N) is 2. The molecule has 29 heavy (non-hydrogen) atoms. The second-order valence-electron chi connectivity index (χ2n) is 7.81. The van der Waals surface area contributed by atoms with Gasteiger partial charge in [0, 0.05) is 33.2 Å². The average Bonchev–Trinajstić information content (AvgIpc) is 2.75. The average molecular weight is 389 g/mol. The molecule has 1 amide bonds. The van der Waals surface area contributed by atoms with Crippen molar-refractivity contribution in [3.8, 4) is 0 Å². The Labute approximate surface area is 172 Å². The number of fused-ring (bicyclic) bond motifs is 1. The number of carbonyl (C=O) groups is 1. The fourth-order valence-corrected chi connectivity index (χ4v) is 4.01. The second-order valence-corrected chi connectivity index (χ2v) is 7.81. The molecule has 0 unspecified atom stereocenters. The third kappa shape index (κ3) is 5.03. The molecule has 3 aromatic carbocycles. The van der Waals surface area contributed by atoms with E-state index in [0.717, 1.165) is 19.6 Å². The SMILES string of the molecule is CN(Cc1cccc2ccccc12)C(=O)C[C@H]1CN(Cc2ccccc2)CCO1. The first-order valence-electron chi connectivity index (χ1n) is 10.3. The van der Waals surface area contributed by atoms with E-state index in [2.05, 4.69) is 59.5 Å². The van der Waals surface area contributed by atoms with E-state index in [1.54, 1.807) is 0 Å². The van der Waals surface area contributed by atoms with Crippen LogP contribution in [0.3, 0.4) is 0 Å². The summed E-state index contributed by atoms with van der Waals surface area (Å²) >= 11 is 0. The lowest BCUT2D eigenvalue weighted by atomic mass is 10.0. The topological polar surface area (TPSA) is 32.8 Å². The maximum atomic E-state index is 12.8. The summed E-state index contributed by atoms with van der Waals surface area (Å²) in [5, 5.41) is 2.41. The van der Waals surface area contributed by atoms with E-state index >= 15 is 0 Å². The zero-order valence-corrected chi connectivity index (χ0v) is 17.0. The lowest BCUT2D eigenvalue weighted by Crippen LogP contribution is -2.44. The van der Waals surface area contributed by atoms with Crippen LogP contribution in [0.4, 0.5) is 0 Å². The Kier molecular flexibility index (Phi) is 6.23. The standard InChI is InChI=1S/C25H28N2O2/c1-26(18-22-12-7-11-21-10-5-6-13-24(21)22)25(28)16-23-19-27(14-15-29-23)17-20-8-3-2-4-9-20/h2-13,23H,14-19H2,1H3/t23-/m0/s1. The normalized spacial score (nSPS) is 17.3. The van der Waals surface area contributed by atoms with E-state index < -0.39 is 0 Å². The van der Waals surface area contributed by atoms with Crippen LogP contribution in [0, 0.1) is 0 Å². The van der Waals surface area contributed by atoms with Crippen LogP contribution in [-0.4, -0.2) is 48.6 Å². The first-order chi connectivity index (χ1) is 14.2. The summed E-state index contributed by atoms with van der Waals surface area (Å²) in [5.74, 6) is 0.129. The fourth-order valence-electron chi connectivity index (χ4n) is 4.01. The van der Waals surface area contributed by atoms with Crippen LogP contribution in [0.2, 0.25) is 0 Å². The van der Waals surface area contributed by atoms with Gasteiger partial charge in [0.1, 0.15) is 0 Å². The van der Waals surface area contributed by atoms with Crippen LogP contribution in [-0.2, 0) is 22.6 Å². The molecule has 0 radical (unpaired) electrons. The molecule has 0 aromatic heterocycles. The molecular weight excluding hydrogens is 360 g/mol. The summed E-state index contributed by atoms with van der Waals surface area (Å²) < 4.78 is 5.90. The third-order valence-electron chi connectivity index (χ3n) is 5.59. The highest BCUT2D eigenvalue weighted by Gasteiger charge is 2.24. The summed E-state index contributed by atoms with van der Waals surface area (Å²) in [4.78, 5) is 17.0. The summed E-state index contributed by atoms with van der Waals surface area (Å²) in [6, 6.07) is 25.1. The Morgan fingerprint density at radius 2 is 1.79 bits per heavy atom. The van der Waals surface area contributed by atoms with Crippen molar-refractivity contribution in [1.29, 1.82) is 0 Å². The molecule has 1 aliphatic heterocycles. The molecule has 1 heterocycles. The quantitative estimate of drug-likeness (QED) is 0.638. The van der Waals surface area contributed by atoms with Crippen LogP contribution >= 0.6 is 0 Å². The summed E-state index contributed by atoms with van der Waals surface area (Å²) in [6.07, 6.45) is 0.377. The lowest BCUT2D eigenvalue weighted by Gasteiger charge is -2.33. The van der Waals surface area contributed by atoms with Gasteiger partial charge in [-0.15, -0.1) is 0 Å². The monoisotopic (exact) mass is 388 g/mol. The van der Waals surface area contributed by atoms with Crippen molar-refractivity contribution in [2.45, 2.75) is 25.6 Å². The van der Waals surface area contributed by atoms with Crippen molar-refractivity contribution in [2.75, 3.05) is 26.7 Å². The largest absolute Gasteiger partial charge is 0.375 e. The number of carbonyl (C=O) groups excluding carboxylic acids is 1. The van der Waals surface area contributed by atoms with Crippen molar-refractivity contribution >= 4 is 16.7 Å². The van der Waals surface area contributed by atoms with Gasteiger partial charge in [0.2, 0.25) is 5.91 Å². The molecule has 0 spiro atoms. The molecule has 0 saturated carbocycles. The van der Waals surface area contributed by atoms with E-state index in [9.17, 15) is 4.79 Å². The van der Waals surface area contributed by atoms with Crippen molar-refractivity contribution in [1.82, 2.24) is 9.80 Å².